The van der Waals surface area contributed by atoms with E-state index in [-0.39, 0.29) is 11.3 Å². The molecule has 2 heterocycles. The highest BCUT2D eigenvalue weighted by molar-refractivity contribution is 6.09. The Morgan fingerprint density at radius 1 is 1.24 bits per heavy atom. The van der Waals surface area contributed by atoms with Crippen LogP contribution >= 0.6 is 0 Å². The molecule has 3 aromatic rings. The molecule has 1 amide bonds. The number of anilines is 1. The fraction of sp³-hybridized carbons (Fsp3) is 0.176. The summed E-state index contributed by atoms with van der Waals surface area (Å²) in [5.74, 6) is -1.79. The first-order chi connectivity index (χ1) is 11.9. The smallest absolute Gasteiger partial charge is 0.339 e. The van der Waals surface area contributed by atoms with E-state index in [1.807, 2.05) is 31.2 Å². The van der Waals surface area contributed by atoms with Crippen LogP contribution in [-0.4, -0.2) is 36.5 Å². The zero-order chi connectivity index (χ0) is 18.0. The Hall–Kier alpha value is -3.42. The molecule has 25 heavy (non-hydrogen) atoms. The molecule has 0 aliphatic carbocycles. The molecule has 3 rings (SSSR count). The lowest BCUT2D eigenvalue weighted by atomic mass is 10.1. The van der Waals surface area contributed by atoms with Crippen molar-refractivity contribution in [2.75, 3.05) is 5.32 Å². The summed E-state index contributed by atoms with van der Waals surface area (Å²) < 4.78 is 2.99. The van der Waals surface area contributed by atoms with Crippen molar-refractivity contribution in [3.63, 3.8) is 0 Å². The number of hydrogen-bond donors (Lipinski definition) is 2. The average Bonchev–Trinajstić information content (AvgIpc) is 3.16. The monoisotopic (exact) mass is 339 g/mol. The molecule has 0 bridgehead atoms. The van der Waals surface area contributed by atoms with E-state index >= 15 is 0 Å². The van der Waals surface area contributed by atoms with Gasteiger partial charge in [-0.1, -0.05) is 24.3 Å². The number of nitrogens with zero attached hydrogens (tertiary/aromatic N) is 4. The highest BCUT2D eigenvalue weighted by Gasteiger charge is 2.21. The Balaban J connectivity index is 1.74. The van der Waals surface area contributed by atoms with E-state index in [0.29, 0.717) is 12.2 Å². The van der Waals surface area contributed by atoms with Crippen LogP contribution in [-0.2, 0) is 13.6 Å². The summed E-state index contributed by atoms with van der Waals surface area (Å²) in [6.45, 7) is 2.60. The summed E-state index contributed by atoms with van der Waals surface area (Å²) in [6, 6.07) is 7.97. The summed E-state index contributed by atoms with van der Waals surface area (Å²) in [4.78, 5) is 23.5. The molecule has 2 N–H and O–H groups in total. The van der Waals surface area contributed by atoms with Crippen LogP contribution < -0.4 is 5.32 Å². The zero-order valence-corrected chi connectivity index (χ0v) is 13.8. The highest BCUT2D eigenvalue weighted by Crippen LogP contribution is 2.13. The van der Waals surface area contributed by atoms with Crippen LogP contribution in [0.2, 0.25) is 0 Å². The lowest BCUT2D eigenvalue weighted by Gasteiger charge is -2.05. The molecule has 8 heteroatoms. The van der Waals surface area contributed by atoms with Gasteiger partial charge in [0.2, 0.25) is 0 Å². The molecule has 0 aliphatic rings. The summed E-state index contributed by atoms with van der Waals surface area (Å²) in [5.41, 5.74) is 2.47. The van der Waals surface area contributed by atoms with Crippen molar-refractivity contribution >= 4 is 17.6 Å². The largest absolute Gasteiger partial charge is 0.478 e. The summed E-state index contributed by atoms with van der Waals surface area (Å²) in [6.07, 6.45) is 4.49. The Labute approximate surface area is 143 Å². The van der Waals surface area contributed by atoms with Gasteiger partial charge >= 0.3 is 5.97 Å². The number of aryl methyl sites for hydroxylation is 2. The van der Waals surface area contributed by atoms with Gasteiger partial charge in [-0.25, -0.2) is 4.79 Å². The lowest BCUT2D eigenvalue weighted by molar-refractivity contribution is 0.0692. The maximum absolute atomic E-state index is 12.3. The molecule has 1 aromatic carbocycles. The van der Waals surface area contributed by atoms with Gasteiger partial charge in [0.1, 0.15) is 5.56 Å². The van der Waals surface area contributed by atoms with E-state index in [2.05, 4.69) is 15.5 Å². The van der Waals surface area contributed by atoms with Gasteiger partial charge in [0.25, 0.3) is 5.91 Å². The van der Waals surface area contributed by atoms with Crippen LogP contribution in [0.15, 0.2) is 42.9 Å². The Morgan fingerprint density at radius 3 is 2.72 bits per heavy atom. The van der Waals surface area contributed by atoms with Crippen molar-refractivity contribution in [3.05, 3.63) is 65.2 Å². The summed E-state index contributed by atoms with van der Waals surface area (Å²) >= 11 is 0. The Bertz CT molecular complexity index is 941. The Morgan fingerprint density at radius 2 is 2.00 bits per heavy atom. The van der Waals surface area contributed by atoms with E-state index in [4.69, 9.17) is 5.11 Å². The van der Waals surface area contributed by atoms with Crippen molar-refractivity contribution in [2.24, 2.45) is 7.05 Å². The molecule has 8 nitrogen and oxygen atoms in total. The number of nitrogens with one attached hydrogen (secondary N) is 1. The second-order valence-electron chi connectivity index (χ2n) is 5.68. The number of amides is 1. The third kappa shape index (κ3) is 3.57. The van der Waals surface area contributed by atoms with Crippen LogP contribution in [0.3, 0.4) is 0 Å². The molecular weight excluding hydrogens is 322 g/mol. The summed E-state index contributed by atoms with van der Waals surface area (Å²) in [7, 11) is 1.56. The molecule has 0 radical (unpaired) electrons. The van der Waals surface area contributed by atoms with Gasteiger partial charge in [-0.05, 0) is 18.1 Å². The number of rotatable bonds is 5. The SMILES string of the molecule is Cc1ccccc1Cn1cc(NC(=O)c2nn(C)cc2C(=O)O)cn1. The van der Waals surface area contributed by atoms with Crippen molar-refractivity contribution in [1.29, 1.82) is 0 Å². The van der Waals surface area contributed by atoms with Crippen LogP contribution in [0.1, 0.15) is 32.0 Å². The van der Waals surface area contributed by atoms with Crippen LogP contribution in [0, 0.1) is 6.92 Å². The van der Waals surface area contributed by atoms with Crippen molar-refractivity contribution in [3.8, 4) is 0 Å². The van der Waals surface area contributed by atoms with Gasteiger partial charge in [0.05, 0.1) is 18.4 Å². The number of carboxylic acids is 1. The first kappa shape index (κ1) is 16.4. The predicted molar refractivity (Wildman–Crippen MR) is 90.6 cm³/mol. The van der Waals surface area contributed by atoms with Crippen LogP contribution in [0.5, 0.6) is 0 Å². The molecule has 128 valence electrons. The second kappa shape index (κ2) is 6.60. The summed E-state index contributed by atoms with van der Waals surface area (Å²) in [5, 5.41) is 19.9. The minimum Gasteiger partial charge on any atom is -0.478 e. The molecule has 2 aromatic heterocycles. The molecule has 0 fully saturated rings. The van der Waals surface area contributed by atoms with Crippen molar-refractivity contribution in [1.82, 2.24) is 19.6 Å². The highest BCUT2D eigenvalue weighted by atomic mass is 16.4. The number of carbonyl (C=O) groups excluding carboxylic acids is 1. The van der Waals surface area contributed by atoms with E-state index in [1.54, 1.807) is 17.9 Å². The fourth-order valence-electron chi connectivity index (χ4n) is 2.48. The topological polar surface area (TPSA) is 102 Å². The Kier molecular flexibility index (Phi) is 4.34. The minimum atomic E-state index is -1.20. The number of aromatic nitrogens is 4. The molecule has 0 saturated carbocycles. The molecular formula is C17H17N5O3. The van der Waals surface area contributed by atoms with E-state index in [0.717, 1.165) is 11.1 Å². The third-order valence-electron chi connectivity index (χ3n) is 3.76. The first-order valence-corrected chi connectivity index (χ1v) is 7.59. The van der Waals surface area contributed by atoms with Crippen LogP contribution in [0.4, 0.5) is 5.69 Å². The number of aromatic carboxylic acids is 1. The van der Waals surface area contributed by atoms with Crippen LogP contribution in [0.25, 0.3) is 0 Å². The van der Waals surface area contributed by atoms with Gasteiger partial charge in [0, 0.05) is 19.4 Å². The van der Waals surface area contributed by atoms with Gasteiger partial charge in [-0.3, -0.25) is 14.2 Å². The predicted octanol–water partition coefficient (Wildman–Crippen LogP) is 1.92. The number of carboxylic acid groups (broad SMARTS) is 1. The standard InChI is InChI=1S/C17H17N5O3/c1-11-5-3-4-6-12(11)8-22-9-13(7-18-22)19-16(23)15-14(17(24)25)10-21(2)20-15/h3-7,9-10H,8H2,1-2H3,(H,19,23)(H,24,25). The fourth-order valence-corrected chi connectivity index (χ4v) is 2.48. The third-order valence-corrected chi connectivity index (χ3v) is 3.76. The van der Waals surface area contributed by atoms with E-state index in [9.17, 15) is 9.59 Å². The minimum absolute atomic E-state index is 0.137. The molecule has 0 atom stereocenters. The number of carbonyl (C=O) groups is 2. The lowest BCUT2D eigenvalue weighted by Crippen LogP contribution is -2.16. The second-order valence-corrected chi connectivity index (χ2v) is 5.68. The van der Waals surface area contributed by atoms with Gasteiger partial charge in [0.15, 0.2) is 5.69 Å². The quantitative estimate of drug-likeness (QED) is 0.739. The maximum atomic E-state index is 12.3. The molecule has 0 unspecified atom stereocenters. The number of benzene rings is 1. The zero-order valence-electron chi connectivity index (χ0n) is 13.8. The van der Waals surface area contributed by atoms with E-state index < -0.39 is 11.9 Å². The molecule has 0 saturated heterocycles. The molecule has 0 spiro atoms. The van der Waals surface area contributed by atoms with E-state index in [1.165, 1.54) is 17.1 Å². The van der Waals surface area contributed by atoms with Gasteiger partial charge < -0.3 is 10.4 Å². The van der Waals surface area contributed by atoms with Crippen molar-refractivity contribution < 1.29 is 14.7 Å². The maximum Gasteiger partial charge on any atom is 0.339 e. The van der Waals surface area contributed by atoms with Crippen molar-refractivity contribution in [2.45, 2.75) is 13.5 Å². The van der Waals surface area contributed by atoms with Gasteiger partial charge in [-0.2, -0.15) is 10.2 Å². The normalized spacial score (nSPS) is 10.6. The average molecular weight is 339 g/mol. The molecule has 0 aliphatic heterocycles. The van der Waals surface area contributed by atoms with Gasteiger partial charge in [-0.15, -0.1) is 0 Å². The number of hydrogen-bond acceptors (Lipinski definition) is 4. The first-order valence-electron chi connectivity index (χ1n) is 7.59.